The van der Waals surface area contributed by atoms with Crippen molar-refractivity contribution in [1.82, 2.24) is 24.6 Å². The van der Waals surface area contributed by atoms with E-state index in [0.717, 1.165) is 30.8 Å². The van der Waals surface area contributed by atoms with Gasteiger partial charge in [-0.15, -0.1) is 0 Å². The number of nitrogens with zero attached hydrogens (tertiary/aromatic N) is 5. The summed E-state index contributed by atoms with van der Waals surface area (Å²) in [6.45, 7) is 5.95. The molecular weight excluding hydrogens is 354 g/mol. The van der Waals surface area contributed by atoms with Crippen LogP contribution >= 0.6 is 0 Å². The van der Waals surface area contributed by atoms with Crippen LogP contribution in [-0.2, 0) is 11.8 Å². The Morgan fingerprint density at radius 2 is 2.18 bits per heavy atom. The van der Waals surface area contributed by atoms with Crippen molar-refractivity contribution in [2.75, 3.05) is 37.9 Å². The van der Waals surface area contributed by atoms with Gasteiger partial charge in [0.25, 0.3) is 0 Å². The molecule has 0 saturated carbocycles. The number of aryl methyl sites for hydroxylation is 1. The summed E-state index contributed by atoms with van der Waals surface area (Å²) in [4.78, 5) is 11.2. The van der Waals surface area contributed by atoms with Crippen LogP contribution in [0.15, 0.2) is 24.7 Å². The number of anilines is 2. The molecule has 3 atom stereocenters. The Kier molecular flexibility index (Phi) is 6.85. The first-order valence-corrected chi connectivity index (χ1v) is 10.0. The lowest BCUT2D eigenvalue weighted by Gasteiger charge is -2.35. The van der Waals surface area contributed by atoms with Crippen LogP contribution in [0.3, 0.4) is 0 Å². The Bertz CT molecular complexity index is 746. The Hall–Kier alpha value is -2.19. The summed E-state index contributed by atoms with van der Waals surface area (Å²) < 4.78 is 7.80. The van der Waals surface area contributed by atoms with E-state index in [2.05, 4.69) is 58.5 Å². The number of rotatable bonds is 8. The van der Waals surface area contributed by atoms with E-state index in [1.165, 1.54) is 0 Å². The van der Waals surface area contributed by atoms with Gasteiger partial charge in [0, 0.05) is 38.2 Å². The molecule has 1 saturated heterocycles. The maximum absolute atomic E-state index is 5.98. The number of hydrogen-bond donors (Lipinski definition) is 2. The van der Waals surface area contributed by atoms with E-state index >= 15 is 0 Å². The zero-order chi connectivity index (χ0) is 20.1. The number of ether oxygens (including phenoxy) is 1. The molecule has 3 rings (SSSR count). The third kappa shape index (κ3) is 5.20. The Morgan fingerprint density at radius 3 is 2.86 bits per heavy atom. The highest BCUT2D eigenvalue weighted by Gasteiger charge is 2.28. The van der Waals surface area contributed by atoms with Gasteiger partial charge in [-0.05, 0) is 38.9 Å². The summed E-state index contributed by atoms with van der Waals surface area (Å²) in [5.74, 6) is 1.93. The van der Waals surface area contributed by atoms with Gasteiger partial charge in [0.2, 0.25) is 5.95 Å². The van der Waals surface area contributed by atoms with Crippen molar-refractivity contribution in [3.8, 4) is 0 Å². The van der Waals surface area contributed by atoms with E-state index in [0.29, 0.717) is 18.4 Å². The fourth-order valence-corrected chi connectivity index (χ4v) is 3.73. The Morgan fingerprint density at radius 1 is 1.36 bits per heavy atom. The van der Waals surface area contributed by atoms with E-state index in [-0.39, 0.29) is 18.2 Å². The first-order chi connectivity index (χ1) is 13.4. The summed E-state index contributed by atoms with van der Waals surface area (Å²) in [6.07, 6.45) is 8.12. The zero-order valence-electron chi connectivity index (χ0n) is 17.6. The number of nitrogens with one attached hydrogen (secondary N) is 2. The van der Waals surface area contributed by atoms with Crippen molar-refractivity contribution >= 4 is 11.8 Å². The van der Waals surface area contributed by atoms with Crippen LogP contribution in [0, 0.1) is 5.92 Å². The molecule has 1 fully saturated rings. The van der Waals surface area contributed by atoms with Gasteiger partial charge in [-0.2, -0.15) is 10.1 Å². The van der Waals surface area contributed by atoms with E-state index in [1.807, 2.05) is 30.2 Å². The average Bonchev–Trinajstić information content (AvgIpc) is 3.08. The van der Waals surface area contributed by atoms with Gasteiger partial charge in [-0.3, -0.25) is 4.68 Å². The minimum absolute atomic E-state index is 0.186. The maximum Gasteiger partial charge on any atom is 0.224 e. The first-order valence-electron chi connectivity index (χ1n) is 10.0. The maximum atomic E-state index is 5.98. The van der Waals surface area contributed by atoms with Crippen molar-refractivity contribution in [3.63, 3.8) is 0 Å². The van der Waals surface area contributed by atoms with Crippen molar-refractivity contribution in [3.05, 3.63) is 30.2 Å². The molecule has 8 nitrogen and oxygen atoms in total. The van der Waals surface area contributed by atoms with E-state index in [1.54, 1.807) is 6.20 Å². The fourth-order valence-electron chi connectivity index (χ4n) is 3.73. The largest absolute Gasteiger partial charge is 0.376 e. The standard InChI is InChI=1S/C20H33N7O/c1-14(2)19-16(7-6-10-28-19)24-18-8-9-21-20(25-18)22-12-17(26(3)4)15-11-23-27(5)13-15/h8-9,11,13-14,16-17,19H,6-7,10,12H2,1-5H3,(H2,21,22,24,25)/t16-,17+,19-/m0/s1. The molecule has 0 radical (unpaired) electrons. The molecule has 0 aliphatic carbocycles. The highest BCUT2D eigenvalue weighted by Crippen LogP contribution is 2.24. The molecule has 2 aromatic rings. The van der Waals surface area contributed by atoms with Crippen LogP contribution in [-0.4, -0.2) is 64.0 Å². The molecule has 1 aliphatic heterocycles. The first kappa shape index (κ1) is 20.5. The van der Waals surface area contributed by atoms with Crippen molar-refractivity contribution < 1.29 is 4.74 Å². The zero-order valence-corrected chi connectivity index (χ0v) is 17.6. The molecule has 0 amide bonds. The van der Waals surface area contributed by atoms with Crippen molar-refractivity contribution in [2.24, 2.45) is 13.0 Å². The van der Waals surface area contributed by atoms with Crippen LogP contribution < -0.4 is 10.6 Å². The minimum atomic E-state index is 0.186. The lowest BCUT2D eigenvalue weighted by atomic mass is 9.94. The molecule has 3 heterocycles. The Labute approximate surface area is 167 Å². The van der Waals surface area contributed by atoms with Crippen LogP contribution in [0.2, 0.25) is 0 Å². The quantitative estimate of drug-likeness (QED) is 0.720. The second-order valence-corrected chi connectivity index (χ2v) is 8.05. The van der Waals surface area contributed by atoms with Crippen LogP contribution in [0.5, 0.6) is 0 Å². The summed E-state index contributed by atoms with van der Waals surface area (Å²) in [7, 11) is 6.06. The minimum Gasteiger partial charge on any atom is -0.376 e. The molecule has 2 N–H and O–H groups in total. The fraction of sp³-hybridized carbons (Fsp3) is 0.650. The summed E-state index contributed by atoms with van der Waals surface area (Å²) in [5.41, 5.74) is 1.16. The normalized spacial score (nSPS) is 21.1. The topological polar surface area (TPSA) is 80.1 Å². The summed E-state index contributed by atoms with van der Waals surface area (Å²) in [6, 6.07) is 2.38. The predicted molar refractivity (Wildman–Crippen MR) is 111 cm³/mol. The molecule has 0 aromatic carbocycles. The molecule has 8 heteroatoms. The van der Waals surface area contributed by atoms with Crippen molar-refractivity contribution in [1.29, 1.82) is 0 Å². The molecule has 0 spiro atoms. The molecule has 0 unspecified atom stereocenters. The SMILES string of the molecule is CC(C)[C@@H]1OCCC[C@@H]1Nc1ccnc(NC[C@H](c2cnn(C)c2)N(C)C)n1. The molecule has 154 valence electrons. The summed E-state index contributed by atoms with van der Waals surface area (Å²) >= 11 is 0. The van der Waals surface area contributed by atoms with E-state index in [4.69, 9.17) is 4.74 Å². The molecule has 0 bridgehead atoms. The predicted octanol–water partition coefficient (Wildman–Crippen LogP) is 2.54. The third-order valence-corrected chi connectivity index (χ3v) is 5.20. The van der Waals surface area contributed by atoms with Gasteiger partial charge in [-0.1, -0.05) is 13.8 Å². The second-order valence-electron chi connectivity index (χ2n) is 8.05. The van der Waals surface area contributed by atoms with Crippen molar-refractivity contribution in [2.45, 2.75) is 44.9 Å². The van der Waals surface area contributed by atoms with Gasteiger partial charge < -0.3 is 20.3 Å². The molecule has 2 aromatic heterocycles. The van der Waals surface area contributed by atoms with Gasteiger partial charge in [0.05, 0.1) is 24.4 Å². The monoisotopic (exact) mass is 387 g/mol. The van der Waals surface area contributed by atoms with Gasteiger partial charge in [0.1, 0.15) is 5.82 Å². The second kappa shape index (κ2) is 9.34. The van der Waals surface area contributed by atoms with Gasteiger partial charge in [0.15, 0.2) is 0 Å². The molecular formula is C20H33N7O. The lowest BCUT2D eigenvalue weighted by molar-refractivity contribution is -0.0203. The van der Waals surface area contributed by atoms with E-state index in [9.17, 15) is 0 Å². The van der Waals surface area contributed by atoms with Crippen LogP contribution in [0.4, 0.5) is 11.8 Å². The third-order valence-electron chi connectivity index (χ3n) is 5.20. The lowest BCUT2D eigenvalue weighted by Crippen LogP contribution is -2.43. The molecule has 1 aliphatic rings. The average molecular weight is 388 g/mol. The van der Waals surface area contributed by atoms with Crippen LogP contribution in [0.1, 0.15) is 38.3 Å². The smallest absolute Gasteiger partial charge is 0.224 e. The summed E-state index contributed by atoms with van der Waals surface area (Å²) in [5, 5.41) is 11.2. The van der Waals surface area contributed by atoms with Gasteiger partial charge >= 0.3 is 0 Å². The number of aromatic nitrogens is 4. The highest BCUT2D eigenvalue weighted by molar-refractivity contribution is 5.41. The highest BCUT2D eigenvalue weighted by atomic mass is 16.5. The number of hydrogen-bond acceptors (Lipinski definition) is 7. The van der Waals surface area contributed by atoms with Crippen LogP contribution in [0.25, 0.3) is 0 Å². The number of likely N-dealkylation sites (N-methyl/N-ethyl adjacent to an activating group) is 1. The van der Waals surface area contributed by atoms with Gasteiger partial charge in [-0.25, -0.2) is 4.98 Å². The van der Waals surface area contributed by atoms with E-state index < -0.39 is 0 Å². The molecule has 28 heavy (non-hydrogen) atoms. The Balaban J connectivity index is 1.64.